The molecule has 0 unspecified atom stereocenters. The van der Waals surface area contributed by atoms with Crippen LogP contribution in [0.4, 0.5) is 5.69 Å². The van der Waals surface area contributed by atoms with E-state index in [1.807, 2.05) is 6.07 Å². The third-order valence-corrected chi connectivity index (χ3v) is 4.45. The van der Waals surface area contributed by atoms with E-state index in [2.05, 4.69) is 4.99 Å². The summed E-state index contributed by atoms with van der Waals surface area (Å²) in [5.41, 5.74) is 0.336. The number of nitrogens with zero attached hydrogens (tertiary/aromatic N) is 3. The van der Waals surface area contributed by atoms with E-state index in [4.69, 9.17) is 27.9 Å². The number of aromatic hydroxyl groups is 1. The Bertz CT molecular complexity index is 926. The van der Waals surface area contributed by atoms with E-state index in [0.29, 0.717) is 34.3 Å². The van der Waals surface area contributed by atoms with Crippen LogP contribution in [0, 0.1) is 18.3 Å². The summed E-state index contributed by atoms with van der Waals surface area (Å²) in [6, 6.07) is 6.86. The van der Waals surface area contributed by atoms with E-state index in [1.165, 1.54) is 6.21 Å². The first-order chi connectivity index (χ1) is 12.4. The van der Waals surface area contributed by atoms with Gasteiger partial charge in [0.1, 0.15) is 17.3 Å². The first-order valence-corrected chi connectivity index (χ1v) is 8.51. The lowest BCUT2D eigenvalue weighted by Crippen LogP contribution is -2.26. The minimum atomic E-state index is -0.550. The Morgan fingerprint density at radius 1 is 1.38 bits per heavy atom. The second-order valence-electron chi connectivity index (χ2n) is 5.48. The highest BCUT2D eigenvalue weighted by Gasteiger charge is 2.18. The van der Waals surface area contributed by atoms with Crippen LogP contribution in [0.2, 0.25) is 10.0 Å². The number of hydrogen-bond acceptors (Lipinski definition) is 5. The van der Waals surface area contributed by atoms with Gasteiger partial charge < -0.3 is 9.84 Å². The molecule has 1 N–H and O–H groups in total. The minimum Gasteiger partial charge on any atom is -0.494 e. The normalized spacial score (nSPS) is 11.0. The summed E-state index contributed by atoms with van der Waals surface area (Å²) in [6.45, 7) is 2.20. The summed E-state index contributed by atoms with van der Waals surface area (Å²) >= 11 is 12.2. The summed E-state index contributed by atoms with van der Waals surface area (Å²) in [5, 5.41) is 20.6. The predicted octanol–water partition coefficient (Wildman–Crippen LogP) is 3.83. The molecule has 1 heterocycles. The number of aromatic nitrogens is 1. The lowest BCUT2D eigenvalue weighted by atomic mass is 10.1. The molecule has 0 atom stereocenters. The molecule has 0 radical (unpaired) electrons. The number of halogens is 2. The fourth-order valence-corrected chi connectivity index (χ4v) is 2.94. The lowest BCUT2D eigenvalue weighted by molar-refractivity contribution is 0.188. The van der Waals surface area contributed by atoms with Crippen molar-refractivity contribution in [3.05, 3.63) is 55.3 Å². The van der Waals surface area contributed by atoms with Gasteiger partial charge in [-0.3, -0.25) is 14.4 Å². The zero-order valence-corrected chi connectivity index (χ0v) is 15.8. The summed E-state index contributed by atoms with van der Waals surface area (Å²) in [4.78, 5) is 16.7. The number of pyridine rings is 1. The summed E-state index contributed by atoms with van der Waals surface area (Å²) in [7, 11) is 1.55. The highest BCUT2D eigenvalue weighted by atomic mass is 35.5. The van der Waals surface area contributed by atoms with Crippen LogP contribution in [0.25, 0.3) is 0 Å². The summed E-state index contributed by atoms with van der Waals surface area (Å²) < 4.78 is 6.11. The van der Waals surface area contributed by atoms with Crippen molar-refractivity contribution < 1.29 is 9.84 Å². The average molecular weight is 394 g/mol. The maximum absolute atomic E-state index is 12.4. The van der Waals surface area contributed by atoms with Gasteiger partial charge in [0, 0.05) is 26.5 Å². The number of hydrogen-bond donors (Lipinski definition) is 1. The van der Waals surface area contributed by atoms with E-state index in [-0.39, 0.29) is 23.6 Å². The van der Waals surface area contributed by atoms with Crippen molar-refractivity contribution in [3.8, 4) is 11.9 Å². The zero-order valence-electron chi connectivity index (χ0n) is 14.3. The fraction of sp³-hybridized carbons (Fsp3) is 0.278. The molecular weight excluding hydrogens is 377 g/mol. The Labute approximate surface area is 160 Å². The molecule has 0 aliphatic carbocycles. The smallest absolute Gasteiger partial charge is 0.271 e. The van der Waals surface area contributed by atoms with E-state index in [9.17, 15) is 15.2 Å². The fourth-order valence-electron chi connectivity index (χ4n) is 2.44. The maximum atomic E-state index is 12.4. The SMILES string of the molecule is COCCCn1c(O)c(C=Nc2c(Cl)cccc2Cl)c(C)c(C#N)c1=O. The predicted molar refractivity (Wildman–Crippen MR) is 102 cm³/mol. The molecule has 0 aliphatic heterocycles. The molecular formula is C18H17Cl2N3O3. The van der Waals surface area contributed by atoms with E-state index in [1.54, 1.807) is 32.2 Å². The van der Waals surface area contributed by atoms with Crippen LogP contribution >= 0.6 is 23.2 Å². The molecule has 26 heavy (non-hydrogen) atoms. The van der Waals surface area contributed by atoms with E-state index >= 15 is 0 Å². The molecule has 1 aromatic heterocycles. The Kier molecular flexibility index (Phi) is 6.81. The quantitative estimate of drug-likeness (QED) is 0.596. The highest BCUT2D eigenvalue weighted by molar-refractivity contribution is 6.38. The number of nitriles is 1. The van der Waals surface area contributed by atoms with Crippen molar-refractivity contribution >= 4 is 35.1 Å². The van der Waals surface area contributed by atoms with Gasteiger partial charge in [0.25, 0.3) is 5.56 Å². The van der Waals surface area contributed by atoms with Gasteiger partial charge in [0.15, 0.2) is 0 Å². The van der Waals surface area contributed by atoms with Gasteiger partial charge in [-0.25, -0.2) is 0 Å². The minimum absolute atomic E-state index is 0.0491. The van der Waals surface area contributed by atoms with Crippen molar-refractivity contribution in [2.75, 3.05) is 13.7 Å². The second-order valence-corrected chi connectivity index (χ2v) is 6.30. The number of para-hydroxylation sites is 1. The number of benzene rings is 1. The van der Waals surface area contributed by atoms with E-state index in [0.717, 1.165) is 4.57 Å². The van der Waals surface area contributed by atoms with Crippen molar-refractivity contribution in [1.82, 2.24) is 4.57 Å². The molecule has 0 aliphatic rings. The molecule has 0 saturated heterocycles. The topological polar surface area (TPSA) is 87.6 Å². The number of ether oxygens (including phenoxy) is 1. The van der Waals surface area contributed by atoms with Crippen LogP contribution < -0.4 is 5.56 Å². The Morgan fingerprint density at radius 3 is 2.62 bits per heavy atom. The third kappa shape index (κ3) is 4.07. The molecule has 0 bridgehead atoms. The average Bonchev–Trinajstić information content (AvgIpc) is 2.60. The van der Waals surface area contributed by atoms with Crippen molar-refractivity contribution in [2.45, 2.75) is 19.9 Å². The third-order valence-electron chi connectivity index (χ3n) is 3.84. The van der Waals surface area contributed by atoms with E-state index < -0.39 is 5.56 Å². The lowest BCUT2D eigenvalue weighted by Gasteiger charge is -2.14. The zero-order chi connectivity index (χ0) is 19.3. The molecule has 136 valence electrons. The van der Waals surface area contributed by atoms with Crippen LogP contribution in [0.3, 0.4) is 0 Å². The Hall–Kier alpha value is -2.33. The van der Waals surface area contributed by atoms with Gasteiger partial charge in [-0.2, -0.15) is 5.26 Å². The Balaban J connectivity index is 2.58. The van der Waals surface area contributed by atoms with Gasteiger partial charge in [0.2, 0.25) is 5.88 Å². The van der Waals surface area contributed by atoms with Gasteiger partial charge in [-0.15, -0.1) is 0 Å². The van der Waals surface area contributed by atoms with Crippen LogP contribution in [0.1, 0.15) is 23.1 Å². The summed E-state index contributed by atoms with van der Waals surface area (Å²) in [5.74, 6) is -0.269. The molecule has 0 amide bonds. The molecule has 2 aromatic rings. The van der Waals surface area contributed by atoms with Crippen molar-refractivity contribution in [2.24, 2.45) is 4.99 Å². The van der Waals surface area contributed by atoms with Crippen LogP contribution in [-0.4, -0.2) is 29.6 Å². The molecule has 0 saturated carbocycles. The standard InChI is InChI=1S/C18H17Cl2N3O3/c1-11-12(9-21)17(24)23(7-4-8-26-2)18(25)13(11)10-22-16-14(19)5-3-6-15(16)20/h3,5-6,10,25H,4,7-8H2,1-2H3. The first kappa shape index (κ1) is 20.0. The first-order valence-electron chi connectivity index (χ1n) is 7.75. The Morgan fingerprint density at radius 2 is 2.04 bits per heavy atom. The monoisotopic (exact) mass is 393 g/mol. The van der Waals surface area contributed by atoms with Gasteiger partial charge in [-0.05, 0) is 31.0 Å². The van der Waals surface area contributed by atoms with Crippen LogP contribution in [-0.2, 0) is 11.3 Å². The number of methoxy groups -OCH3 is 1. The molecule has 8 heteroatoms. The van der Waals surface area contributed by atoms with Gasteiger partial charge in [-0.1, -0.05) is 29.3 Å². The van der Waals surface area contributed by atoms with Gasteiger partial charge in [0.05, 0.1) is 15.6 Å². The molecule has 0 fully saturated rings. The molecule has 6 nitrogen and oxygen atoms in total. The molecule has 2 rings (SSSR count). The van der Waals surface area contributed by atoms with Crippen molar-refractivity contribution in [3.63, 3.8) is 0 Å². The largest absolute Gasteiger partial charge is 0.494 e. The number of rotatable bonds is 6. The number of aliphatic imine (C=N–C) groups is 1. The van der Waals surface area contributed by atoms with Crippen LogP contribution in [0.5, 0.6) is 5.88 Å². The highest BCUT2D eigenvalue weighted by Crippen LogP contribution is 2.33. The maximum Gasteiger partial charge on any atom is 0.271 e. The summed E-state index contributed by atoms with van der Waals surface area (Å²) in [6.07, 6.45) is 1.86. The molecule has 1 aromatic carbocycles. The van der Waals surface area contributed by atoms with Crippen LogP contribution in [0.15, 0.2) is 28.0 Å². The van der Waals surface area contributed by atoms with Gasteiger partial charge >= 0.3 is 0 Å². The van der Waals surface area contributed by atoms with Crippen molar-refractivity contribution in [1.29, 1.82) is 5.26 Å². The molecule has 0 spiro atoms. The second kappa shape index (κ2) is 8.86.